The molecule has 1 unspecified atom stereocenters. The minimum absolute atomic E-state index is 0.0340. The molecule has 2 aromatic rings. The Hall–Kier alpha value is -1.86. The average molecular weight is 424 g/mol. The van der Waals surface area contributed by atoms with E-state index in [2.05, 4.69) is 21.2 Å². The predicted molar refractivity (Wildman–Crippen MR) is 98.6 cm³/mol. The Labute approximate surface area is 155 Å². The number of ether oxygens (including phenoxy) is 1. The second-order valence-electron chi connectivity index (χ2n) is 5.77. The number of fused-ring (bicyclic) bond motifs is 1. The van der Waals surface area contributed by atoms with Crippen molar-refractivity contribution in [2.45, 2.75) is 24.3 Å². The van der Waals surface area contributed by atoms with Crippen molar-refractivity contribution in [3.8, 4) is 5.75 Å². The van der Waals surface area contributed by atoms with E-state index < -0.39 is 9.84 Å². The van der Waals surface area contributed by atoms with E-state index in [0.717, 1.165) is 15.8 Å². The lowest BCUT2D eigenvalue weighted by Crippen LogP contribution is -2.32. The maximum Gasteiger partial charge on any atom is 0.251 e. The zero-order chi connectivity index (χ0) is 18.0. The molecule has 1 N–H and O–H groups in total. The summed E-state index contributed by atoms with van der Waals surface area (Å²) < 4.78 is 30.2. The van der Waals surface area contributed by atoms with Crippen LogP contribution in [0, 0.1) is 0 Å². The van der Waals surface area contributed by atoms with Crippen molar-refractivity contribution in [2.75, 3.05) is 12.4 Å². The number of amides is 1. The standard InChI is InChI=1S/C18H18BrNO4S/c1-2-25(22,23)14-6-3-12(4-7-14)18(21)20-16-9-10-24-17-8-5-13(19)11-15(16)17/h3-8,11,16H,2,9-10H2,1H3,(H,20,21). The number of sulfone groups is 1. The van der Waals surface area contributed by atoms with Gasteiger partial charge in [0.15, 0.2) is 9.84 Å². The number of benzene rings is 2. The molecule has 1 heterocycles. The molecule has 1 aliphatic rings. The Morgan fingerprint density at radius 1 is 1.24 bits per heavy atom. The van der Waals surface area contributed by atoms with Crippen LogP contribution in [0.25, 0.3) is 0 Å². The molecule has 0 saturated carbocycles. The zero-order valence-corrected chi connectivity index (χ0v) is 16.1. The number of hydrogen-bond acceptors (Lipinski definition) is 4. The van der Waals surface area contributed by atoms with E-state index in [1.165, 1.54) is 12.1 Å². The second-order valence-corrected chi connectivity index (χ2v) is 8.97. The average Bonchev–Trinajstić information content (AvgIpc) is 2.62. The summed E-state index contributed by atoms with van der Waals surface area (Å²) in [7, 11) is -3.27. The normalized spacial score (nSPS) is 16.6. The van der Waals surface area contributed by atoms with Gasteiger partial charge in [-0.2, -0.15) is 0 Å². The Kier molecular flexibility index (Phi) is 5.15. The third-order valence-corrected chi connectivity index (χ3v) is 6.42. The van der Waals surface area contributed by atoms with Gasteiger partial charge in [-0.25, -0.2) is 8.42 Å². The Morgan fingerprint density at radius 2 is 1.96 bits per heavy atom. The molecule has 0 radical (unpaired) electrons. The molecular formula is C18H18BrNO4S. The fourth-order valence-electron chi connectivity index (χ4n) is 2.74. The zero-order valence-electron chi connectivity index (χ0n) is 13.7. The molecule has 132 valence electrons. The maximum absolute atomic E-state index is 12.5. The fraction of sp³-hybridized carbons (Fsp3) is 0.278. The van der Waals surface area contributed by atoms with E-state index in [1.807, 2.05) is 18.2 Å². The summed E-state index contributed by atoms with van der Waals surface area (Å²) in [5, 5.41) is 3.00. The molecular weight excluding hydrogens is 406 g/mol. The topological polar surface area (TPSA) is 72.5 Å². The Balaban J connectivity index is 1.79. The maximum atomic E-state index is 12.5. The van der Waals surface area contributed by atoms with E-state index in [9.17, 15) is 13.2 Å². The van der Waals surface area contributed by atoms with Gasteiger partial charge in [0.25, 0.3) is 5.91 Å². The number of carbonyl (C=O) groups excluding carboxylic acids is 1. The molecule has 5 nitrogen and oxygen atoms in total. The molecule has 0 saturated heterocycles. The third-order valence-electron chi connectivity index (χ3n) is 4.17. The van der Waals surface area contributed by atoms with Gasteiger partial charge in [0, 0.05) is 22.0 Å². The summed E-state index contributed by atoms with van der Waals surface area (Å²) in [6, 6.07) is 11.6. The summed E-state index contributed by atoms with van der Waals surface area (Å²) >= 11 is 3.44. The summed E-state index contributed by atoms with van der Waals surface area (Å²) in [6.45, 7) is 2.13. The lowest BCUT2D eigenvalue weighted by molar-refractivity contribution is 0.0924. The molecule has 1 amide bonds. The van der Waals surface area contributed by atoms with Crippen LogP contribution in [0.4, 0.5) is 0 Å². The molecule has 2 aromatic carbocycles. The molecule has 7 heteroatoms. The first-order chi connectivity index (χ1) is 11.9. The van der Waals surface area contributed by atoms with Gasteiger partial charge in [-0.1, -0.05) is 22.9 Å². The monoisotopic (exact) mass is 423 g/mol. The lowest BCUT2D eigenvalue weighted by Gasteiger charge is -2.27. The number of halogens is 1. The Morgan fingerprint density at radius 3 is 2.64 bits per heavy atom. The highest BCUT2D eigenvalue weighted by molar-refractivity contribution is 9.10. The first-order valence-electron chi connectivity index (χ1n) is 7.96. The van der Waals surface area contributed by atoms with Gasteiger partial charge in [-0.3, -0.25) is 4.79 Å². The van der Waals surface area contributed by atoms with Gasteiger partial charge < -0.3 is 10.1 Å². The molecule has 1 aliphatic heterocycles. The van der Waals surface area contributed by atoms with Crippen LogP contribution in [0.3, 0.4) is 0 Å². The molecule has 3 rings (SSSR count). The van der Waals surface area contributed by atoms with Crippen LogP contribution in [0.5, 0.6) is 5.75 Å². The highest BCUT2D eigenvalue weighted by atomic mass is 79.9. The quantitative estimate of drug-likeness (QED) is 0.816. The van der Waals surface area contributed by atoms with Crippen LogP contribution in [0.2, 0.25) is 0 Å². The molecule has 25 heavy (non-hydrogen) atoms. The van der Waals surface area contributed by atoms with Crippen molar-refractivity contribution in [2.24, 2.45) is 0 Å². The van der Waals surface area contributed by atoms with E-state index in [4.69, 9.17) is 4.74 Å². The molecule has 0 aromatic heterocycles. The SMILES string of the molecule is CCS(=O)(=O)c1ccc(C(=O)NC2CCOc3ccc(Br)cc32)cc1. The fourth-order valence-corrected chi connectivity index (χ4v) is 4.00. The second kappa shape index (κ2) is 7.17. The molecule has 0 aliphatic carbocycles. The van der Waals surface area contributed by atoms with Crippen molar-refractivity contribution < 1.29 is 17.9 Å². The van der Waals surface area contributed by atoms with E-state index >= 15 is 0 Å². The number of nitrogens with one attached hydrogen (secondary N) is 1. The predicted octanol–water partition coefficient (Wildman–Crippen LogP) is 3.50. The van der Waals surface area contributed by atoms with Gasteiger partial charge in [-0.15, -0.1) is 0 Å². The van der Waals surface area contributed by atoms with Gasteiger partial charge >= 0.3 is 0 Å². The van der Waals surface area contributed by atoms with E-state index in [-0.39, 0.29) is 22.6 Å². The first-order valence-corrected chi connectivity index (χ1v) is 10.4. The number of rotatable bonds is 4. The van der Waals surface area contributed by atoms with Crippen molar-refractivity contribution >= 4 is 31.7 Å². The van der Waals surface area contributed by atoms with Crippen LogP contribution < -0.4 is 10.1 Å². The van der Waals surface area contributed by atoms with Gasteiger partial charge in [-0.05, 0) is 42.5 Å². The van der Waals surface area contributed by atoms with Crippen molar-refractivity contribution in [1.82, 2.24) is 5.32 Å². The molecule has 0 bridgehead atoms. The van der Waals surface area contributed by atoms with Crippen LogP contribution in [0.15, 0.2) is 51.8 Å². The van der Waals surface area contributed by atoms with Crippen LogP contribution in [0.1, 0.15) is 35.3 Å². The summed E-state index contributed by atoms with van der Waals surface area (Å²) in [5.74, 6) is 0.564. The third kappa shape index (κ3) is 3.88. The van der Waals surface area contributed by atoms with Crippen LogP contribution in [-0.2, 0) is 9.84 Å². The van der Waals surface area contributed by atoms with Crippen molar-refractivity contribution in [1.29, 1.82) is 0 Å². The number of hydrogen-bond donors (Lipinski definition) is 1. The van der Waals surface area contributed by atoms with Crippen molar-refractivity contribution in [3.05, 3.63) is 58.1 Å². The highest BCUT2D eigenvalue weighted by Gasteiger charge is 2.24. The minimum atomic E-state index is -3.27. The summed E-state index contributed by atoms with van der Waals surface area (Å²) in [5.41, 5.74) is 1.36. The van der Waals surface area contributed by atoms with Crippen molar-refractivity contribution in [3.63, 3.8) is 0 Å². The Bertz CT molecular complexity index is 894. The smallest absolute Gasteiger partial charge is 0.251 e. The largest absolute Gasteiger partial charge is 0.493 e. The number of carbonyl (C=O) groups is 1. The highest BCUT2D eigenvalue weighted by Crippen LogP contribution is 2.34. The van der Waals surface area contributed by atoms with Gasteiger partial charge in [0.05, 0.1) is 23.3 Å². The minimum Gasteiger partial charge on any atom is -0.493 e. The molecule has 1 atom stereocenters. The van der Waals surface area contributed by atoms with Crippen LogP contribution >= 0.6 is 15.9 Å². The lowest BCUT2D eigenvalue weighted by atomic mass is 10.00. The van der Waals surface area contributed by atoms with Gasteiger partial charge in [0.1, 0.15) is 5.75 Å². The van der Waals surface area contributed by atoms with Gasteiger partial charge in [0.2, 0.25) is 0 Å². The summed E-state index contributed by atoms with van der Waals surface area (Å²) in [6.07, 6.45) is 0.678. The summed E-state index contributed by atoms with van der Waals surface area (Å²) in [4.78, 5) is 12.8. The van der Waals surface area contributed by atoms with E-state index in [1.54, 1.807) is 19.1 Å². The molecule has 0 spiro atoms. The van der Waals surface area contributed by atoms with Crippen LogP contribution in [-0.4, -0.2) is 26.7 Å². The first kappa shape index (κ1) is 17.9. The molecule has 0 fully saturated rings. The van der Waals surface area contributed by atoms with E-state index in [0.29, 0.717) is 18.6 Å².